The highest BCUT2D eigenvalue weighted by molar-refractivity contribution is 7.89. The maximum Gasteiger partial charge on any atom is 0.243 e. The second-order valence-electron chi connectivity index (χ2n) is 2.25. The van der Waals surface area contributed by atoms with Crippen LogP contribution in [0.2, 0.25) is 0 Å². The van der Waals surface area contributed by atoms with Gasteiger partial charge in [-0.3, -0.25) is 0 Å². The monoisotopic (exact) mass is 173 g/mol. The predicted molar refractivity (Wildman–Crippen MR) is 39.0 cm³/mol. The largest absolute Gasteiger partial charge is 0.243 e. The molecule has 1 aromatic rings. The molecule has 0 amide bonds. The fourth-order valence-corrected chi connectivity index (χ4v) is 1.31. The number of aryl methyl sites for hydroxylation is 1. The van der Waals surface area contributed by atoms with E-state index in [1.54, 1.807) is 23.9 Å². The van der Waals surface area contributed by atoms with Crippen molar-refractivity contribution in [2.24, 2.45) is 12.2 Å². The highest BCUT2D eigenvalue weighted by Gasteiger charge is 2.09. The third-order valence-electron chi connectivity index (χ3n) is 1.24. The molecule has 5 heteroatoms. The minimum atomic E-state index is -3.55. The molecule has 0 aromatic carbocycles. The fourth-order valence-electron chi connectivity index (χ4n) is 0.729. The van der Waals surface area contributed by atoms with E-state index in [4.69, 9.17) is 5.14 Å². The van der Waals surface area contributed by atoms with E-state index in [0.717, 1.165) is 0 Å². The molecule has 0 saturated heterocycles. The van der Waals surface area contributed by atoms with E-state index >= 15 is 0 Å². The summed E-state index contributed by atoms with van der Waals surface area (Å²) in [4.78, 5) is 0.127. The van der Waals surface area contributed by atoms with Crippen molar-refractivity contribution < 1.29 is 13.0 Å². The van der Waals surface area contributed by atoms with Crippen molar-refractivity contribution in [3.05, 3.63) is 24.5 Å². The van der Waals surface area contributed by atoms with Crippen LogP contribution in [0.4, 0.5) is 0 Å². The van der Waals surface area contributed by atoms with Gasteiger partial charge in [-0.25, -0.2) is 18.1 Å². The maximum atomic E-state index is 10.7. The summed E-state index contributed by atoms with van der Waals surface area (Å²) >= 11 is 0. The first kappa shape index (κ1) is 8.16. The zero-order valence-corrected chi connectivity index (χ0v) is 6.88. The normalized spacial score (nSPS) is 11.5. The standard InChI is InChI=1S/C6H9N2O2S/c1-8-4-2-3-6(5-8)11(7,9)10/h2-5H,1H3,(H2,7,9,10)/q+1. The molecule has 0 radical (unpaired) electrons. The Morgan fingerprint density at radius 3 is 2.55 bits per heavy atom. The van der Waals surface area contributed by atoms with Crippen LogP contribution in [0.5, 0.6) is 0 Å². The molecule has 0 aliphatic carbocycles. The lowest BCUT2D eigenvalue weighted by molar-refractivity contribution is -0.673. The van der Waals surface area contributed by atoms with E-state index in [2.05, 4.69) is 0 Å². The van der Waals surface area contributed by atoms with Gasteiger partial charge < -0.3 is 0 Å². The summed E-state index contributed by atoms with van der Waals surface area (Å²) in [7, 11) is -1.82. The SMILES string of the molecule is C[n+]1cccc(S(N)(=O)=O)c1. The van der Waals surface area contributed by atoms with Crippen LogP contribution in [0, 0.1) is 0 Å². The van der Waals surface area contributed by atoms with Crippen LogP contribution in [0.15, 0.2) is 29.4 Å². The lowest BCUT2D eigenvalue weighted by atomic mass is 10.5. The molecule has 1 aromatic heterocycles. The molecule has 2 N–H and O–H groups in total. The zero-order valence-electron chi connectivity index (χ0n) is 6.06. The van der Waals surface area contributed by atoms with Crippen LogP contribution in [0.1, 0.15) is 0 Å². The number of rotatable bonds is 1. The molecule has 0 unspecified atom stereocenters. The van der Waals surface area contributed by atoms with E-state index < -0.39 is 10.0 Å². The summed E-state index contributed by atoms with van der Waals surface area (Å²) in [5.74, 6) is 0. The summed E-state index contributed by atoms with van der Waals surface area (Å²) in [5.41, 5.74) is 0. The third-order valence-corrected chi connectivity index (χ3v) is 2.14. The van der Waals surface area contributed by atoms with Gasteiger partial charge in [0, 0.05) is 6.07 Å². The molecule has 0 atom stereocenters. The molecule has 0 saturated carbocycles. The lowest BCUT2D eigenvalue weighted by Gasteiger charge is -1.93. The molecule has 0 fully saturated rings. The van der Waals surface area contributed by atoms with Crippen LogP contribution in [0.25, 0.3) is 0 Å². The molecule has 0 spiro atoms. The van der Waals surface area contributed by atoms with E-state index in [1.807, 2.05) is 0 Å². The van der Waals surface area contributed by atoms with Crippen LogP contribution in [0.3, 0.4) is 0 Å². The van der Waals surface area contributed by atoms with Gasteiger partial charge in [-0.2, -0.15) is 0 Å². The number of sulfonamides is 1. The van der Waals surface area contributed by atoms with Gasteiger partial charge in [0.05, 0.1) is 0 Å². The Bertz CT molecular complexity index is 359. The van der Waals surface area contributed by atoms with Crippen LogP contribution < -0.4 is 9.71 Å². The Balaban J connectivity index is 3.28. The van der Waals surface area contributed by atoms with Crippen molar-refractivity contribution >= 4 is 10.0 Å². The van der Waals surface area contributed by atoms with E-state index in [0.29, 0.717) is 0 Å². The average molecular weight is 173 g/mol. The highest BCUT2D eigenvalue weighted by atomic mass is 32.2. The number of aromatic nitrogens is 1. The number of nitrogens with zero attached hydrogens (tertiary/aromatic N) is 1. The zero-order chi connectivity index (χ0) is 8.48. The second kappa shape index (κ2) is 2.60. The number of hydrogen-bond acceptors (Lipinski definition) is 2. The van der Waals surface area contributed by atoms with Gasteiger partial charge >= 0.3 is 0 Å². The smallest absolute Gasteiger partial charge is 0.224 e. The molecule has 0 aliphatic heterocycles. The fraction of sp³-hybridized carbons (Fsp3) is 0.167. The van der Waals surface area contributed by atoms with Gasteiger partial charge in [0.25, 0.3) is 0 Å². The van der Waals surface area contributed by atoms with E-state index in [-0.39, 0.29) is 4.90 Å². The topological polar surface area (TPSA) is 64.0 Å². The minimum Gasteiger partial charge on any atom is -0.224 e. The Labute approximate surface area is 65.3 Å². The first-order valence-corrected chi connectivity index (χ1v) is 4.53. The van der Waals surface area contributed by atoms with Gasteiger partial charge in [-0.05, 0) is 6.07 Å². The van der Waals surface area contributed by atoms with Crippen molar-refractivity contribution in [3.8, 4) is 0 Å². The molecule has 1 rings (SSSR count). The molecule has 60 valence electrons. The number of hydrogen-bond donors (Lipinski definition) is 1. The molecule has 0 bridgehead atoms. The molecule has 11 heavy (non-hydrogen) atoms. The Morgan fingerprint density at radius 2 is 2.18 bits per heavy atom. The summed E-state index contributed by atoms with van der Waals surface area (Å²) in [6.45, 7) is 0. The number of pyridine rings is 1. The van der Waals surface area contributed by atoms with Crippen LogP contribution in [-0.4, -0.2) is 8.42 Å². The Hall–Kier alpha value is -0.940. The third kappa shape index (κ3) is 1.99. The summed E-state index contributed by atoms with van der Waals surface area (Å²) in [5, 5.41) is 4.88. The van der Waals surface area contributed by atoms with Gasteiger partial charge in [0.1, 0.15) is 11.9 Å². The second-order valence-corrected chi connectivity index (χ2v) is 3.81. The number of primary sulfonamides is 1. The van der Waals surface area contributed by atoms with E-state index in [1.165, 1.54) is 12.3 Å². The quantitative estimate of drug-likeness (QED) is 0.563. The Morgan fingerprint density at radius 1 is 1.55 bits per heavy atom. The van der Waals surface area contributed by atoms with Crippen molar-refractivity contribution in [2.45, 2.75) is 4.90 Å². The minimum absolute atomic E-state index is 0.127. The van der Waals surface area contributed by atoms with Crippen molar-refractivity contribution in [1.82, 2.24) is 0 Å². The first-order valence-electron chi connectivity index (χ1n) is 2.98. The van der Waals surface area contributed by atoms with Gasteiger partial charge in [0.15, 0.2) is 12.4 Å². The van der Waals surface area contributed by atoms with E-state index in [9.17, 15) is 8.42 Å². The van der Waals surface area contributed by atoms with Crippen molar-refractivity contribution in [3.63, 3.8) is 0 Å². The van der Waals surface area contributed by atoms with Gasteiger partial charge in [0.2, 0.25) is 10.0 Å². The van der Waals surface area contributed by atoms with Crippen LogP contribution in [-0.2, 0) is 17.1 Å². The molecule has 4 nitrogen and oxygen atoms in total. The molecule has 0 aliphatic rings. The lowest BCUT2D eigenvalue weighted by Crippen LogP contribution is -2.28. The average Bonchev–Trinajstić information content (AvgIpc) is 1.86. The summed E-state index contributed by atoms with van der Waals surface area (Å²) < 4.78 is 23.1. The molecule has 1 heterocycles. The highest BCUT2D eigenvalue weighted by Crippen LogP contribution is 1.99. The summed E-state index contributed by atoms with van der Waals surface area (Å²) in [6.07, 6.45) is 3.18. The predicted octanol–water partition coefficient (Wildman–Crippen LogP) is -0.841. The molecular weight excluding hydrogens is 164 g/mol. The molecular formula is C6H9N2O2S+. The summed E-state index contributed by atoms with van der Waals surface area (Å²) in [6, 6.07) is 3.08. The van der Waals surface area contributed by atoms with Crippen LogP contribution >= 0.6 is 0 Å². The Kier molecular flexibility index (Phi) is 1.92. The van der Waals surface area contributed by atoms with Gasteiger partial charge in [-0.1, -0.05) is 0 Å². The van der Waals surface area contributed by atoms with Crippen molar-refractivity contribution in [2.75, 3.05) is 0 Å². The van der Waals surface area contributed by atoms with Crippen molar-refractivity contribution in [1.29, 1.82) is 0 Å². The van der Waals surface area contributed by atoms with Gasteiger partial charge in [-0.15, -0.1) is 0 Å². The first-order chi connectivity index (χ1) is 5.00. The number of nitrogens with two attached hydrogens (primary N) is 1. The maximum absolute atomic E-state index is 10.7.